The second kappa shape index (κ2) is 4.94. The molecule has 2 rings (SSSR count). The zero-order chi connectivity index (χ0) is 13.3. The van der Waals surface area contributed by atoms with Gasteiger partial charge in [0.15, 0.2) is 0 Å². The van der Waals surface area contributed by atoms with Crippen molar-refractivity contribution in [3.05, 3.63) is 46.4 Å². The van der Waals surface area contributed by atoms with Gasteiger partial charge in [0.25, 0.3) is 0 Å². The Morgan fingerprint density at radius 1 is 1.06 bits per heavy atom. The van der Waals surface area contributed by atoms with E-state index >= 15 is 0 Å². The molecule has 0 unspecified atom stereocenters. The van der Waals surface area contributed by atoms with Crippen LogP contribution in [-0.4, -0.2) is 17.0 Å². The minimum atomic E-state index is 0.270. The van der Waals surface area contributed by atoms with E-state index in [1.807, 2.05) is 18.9 Å². The molecule has 0 saturated heterocycles. The largest absolute Gasteiger partial charge is 0.329 e. The fourth-order valence-electron chi connectivity index (χ4n) is 2.02. The van der Waals surface area contributed by atoms with Gasteiger partial charge in [0.2, 0.25) is 5.28 Å². The lowest BCUT2D eigenvalue weighted by Crippen LogP contribution is -2.13. The maximum Gasteiger partial charge on any atom is 0.224 e. The van der Waals surface area contributed by atoms with Gasteiger partial charge in [-0.1, -0.05) is 6.07 Å². The Kier molecular flexibility index (Phi) is 3.53. The molecule has 0 amide bonds. The van der Waals surface area contributed by atoms with Crippen LogP contribution < -0.4 is 4.90 Å². The number of benzene rings is 1. The van der Waals surface area contributed by atoms with Crippen LogP contribution in [0.15, 0.2) is 24.4 Å². The number of halogens is 1. The van der Waals surface area contributed by atoms with E-state index in [0.717, 1.165) is 17.1 Å². The van der Waals surface area contributed by atoms with Crippen LogP contribution in [-0.2, 0) is 0 Å². The van der Waals surface area contributed by atoms with Crippen molar-refractivity contribution < 1.29 is 0 Å². The third kappa shape index (κ3) is 2.62. The Morgan fingerprint density at radius 2 is 1.67 bits per heavy atom. The number of anilines is 2. The van der Waals surface area contributed by atoms with E-state index < -0.39 is 0 Å². The topological polar surface area (TPSA) is 29.0 Å². The molecule has 0 aliphatic carbocycles. The number of hydrogen-bond acceptors (Lipinski definition) is 3. The van der Waals surface area contributed by atoms with E-state index in [1.54, 1.807) is 6.20 Å². The van der Waals surface area contributed by atoms with Crippen LogP contribution in [0, 0.1) is 20.8 Å². The van der Waals surface area contributed by atoms with Crippen molar-refractivity contribution in [2.45, 2.75) is 20.8 Å². The summed E-state index contributed by atoms with van der Waals surface area (Å²) in [4.78, 5) is 10.3. The minimum Gasteiger partial charge on any atom is -0.329 e. The predicted molar refractivity (Wildman–Crippen MR) is 75.8 cm³/mol. The van der Waals surface area contributed by atoms with Gasteiger partial charge in [0.1, 0.15) is 5.82 Å². The van der Waals surface area contributed by atoms with Crippen molar-refractivity contribution in [1.82, 2.24) is 9.97 Å². The third-order valence-electron chi connectivity index (χ3n) is 2.83. The molecule has 3 nitrogen and oxygen atoms in total. The highest BCUT2D eigenvalue weighted by Crippen LogP contribution is 2.26. The zero-order valence-corrected chi connectivity index (χ0v) is 11.8. The van der Waals surface area contributed by atoms with E-state index in [2.05, 4.69) is 42.0 Å². The molecular formula is C14H16ClN3. The molecule has 0 radical (unpaired) electrons. The number of nitrogens with zero attached hydrogens (tertiary/aromatic N) is 3. The van der Waals surface area contributed by atoms with Crippen LogP contribution in [0.1, 0.15) is 16.7 Å². The van der Waals surface area contributed by atoms with E-state index in [4.69, 9.17) is 11.6 Å². The molecule has 1 aromatic heterocycles. The van der Waals surface area contributed by atoms with Gasteiger partial charge in [0, 0.05) is 24.5 Å². The van der Waals surface area contributed by atoms with E-state index in [0.29, 0.717) is 0 Å². The summed E-state index contributed by atoms with van der Waals surface area (Å²) < 4.78 is 0. The van der Waals surface area contributed by atoms with Gasteiger partial charge in [-0.25, -0.2) is 4.98 Å². The summed E-state index contributed by atoms with van der Waals surface area (Å²) in [6, 6.07) is 6.40. The molecule has 0 spiro atoms. The molecule has 0 aliphatic rings. The van der Waals surface area contributed by atoms with Crippen LogP contribution in [0.2, 0.25) is 5.28 Å². The molecule has 0 fully saturated rings. The molecule has 2 aromatic rings. The Balaban J connectivity index is 2.47. The van der Waals surface area contributed by atoms with Gasteiger partial charge in [-0.2, -0.15) is 4.98 Å². The Hall–Kier alpha value is -1.61. The van der Waals surface area contributed by atoms with Gasteiger partial charge in [-0.05, 0) is 55.6 Å². The van der Waals surface area contributed by atoms with Gasteiger partial charge >= 0.3 is 0 Å². The second-order valence-corrected chi connectivity index (χ2v) is 4.89. The summed E-state index contributed by atoms with van der Waals surface area (Å²) in [5.74, 6) is 0.833. The number of rotatable bonds is 2. The molecule has 0 atom stereocenters. The first-order valence-corrected chi connectivity index (χ1v) is 6.16. The molecule has 18 heavy (non-hydrogen) atoms. The molecule has 0 N–H and O–H groups in total. The SMILES string of the molecule is Cc1cc(C)cc(N(C)c2nc(Cl)ncc2C)c1. The van der Waals surface area contributed by atoms with Crippen molar-refractivity contribution in [3.63, 3.8) is 0 Å². The first-order chi connectivity index (χ1) is 8.47. The van der Waals surface area contributed by atoms with Gasteiger partial charge in [0.05, 0.1) is 0 Å². The summed E-state index contributed by atoms with van der Waals surface area (Å²) >= 11 is 5.86. The van der Waals surface area contributed by atoms with Gasteiger partial charge < -0.3 is 4.90 Å². The highest BCUT2D eigenvalue weighted by Gasteiger charge is 2.10. The summed E-state index contributed by atoms with van der Waals surface area (Å²) in [5, 5.41) is 0.270. The average Bonchev–Trinajstić information content (AvgIpc) is 2.30. The van der Waals surface area contributed by atoms with Crippen LogP contribution in [0.25, 0.3) is 0 Å². The van der Waals surface area contributed by atoms with E-state index in [1.165, 1.54) is 11.1 Å². The molecular weight excluding hydrogens is 246 g/mol. The van der Waals surface area contributed by atoms with Crippen molar-refractivity contribution in [1.29, 1.82) is 0 Å². The maximum atomic E-state index is 5.86. The summed E-state index contributed by atoms with van der Waals surface area (Å²) in [6.45, 7) is 6.15. The fraction of sp³-hybridized carbons (Fsp3) is 0.286. The fourth-order valence-corrected chi connectivity index (χ4v) is 2.15. The lowest BCUT2D eigenvalue weighted by atomic mass is 10.1. The summed E-state index contributed by atoms with van der Waals surface area (Å²) in [5.41, 5.74) is 4.57. The van der Waals surface area contributed by atoms with E-state index in [-0.39, 0.29) is 5.28 Å². The van der Waals surface area contributed by atoms with Crippen LogP contribution in [0.5, 0.6) is 0 Å². The molecule has 1 heterocycles. The molecule has 0 saturated carbocycles. The second-order valence-electron chi connectivity index (χ2n) is 4.55. The Labute approximate surface area is 112 Å². The van der Waals surface area contributed by atoms with Crippen molar-refractivity contribution in [2.24, 2.45) is 0 Å². The summed E-state index contributed by atoms with van der Waals surface area (Å²) in [6.07, 6.45) is 1.74. The standard InChI is InChI=1S/C14H16ClN3/c1-9-5-10(2)7-12(6-9)18(4)13-11(3)8-16-14(15)17-13/h5-8H,1-4H3. The lowest BCUT2D eigenvalue weighted by molar-refractivity contribution is 1.05. The normalized spacial score (nSPS) is 10.5. The minimum absolute atomic E-state index is 0.270. The highest BCUT2D eigenvalue weighted by atomic mass is 35.5. The molecule has 0 aliphatic heterocycles. The van der Waals surface area contributed by atoms with Gasteiger partial charge in [-0.3, -0.25) is 0 Å². The monoisotopic (exact) mass is 261 g/mol. The number of hydrogen-bond donors (Lipinski definition) is 0. The zero-order valence-electron chi connectivity index (χ0n) is 11.0. The van der Waals surface area contributed by atoms with Crippen LogP contribution in [0.4, 0.5) is 11.5 Å². The van der Waals surface area contributed by atoms with Crippen LogP contribution in [0.3, 0.4) is 0 Å². The summed E-state index contributed by atoms with van der Waals surface area (Å²) in [7, 11) is 1.99. The first kappa shape index (κ1) is 12.8. The molecule has 0 bridgehead atoms. The van der Waals surface area contributed by atoms with Crippen molar-refractivity contribution >= 4 is 23.1 Å². The highest BCUT2D eigenvalue weighted by molar-refractivity contribution is 6.28. The number of aryl methyl sites for hydroxylation is 3. The number of aromatic nitrogens is 2. The quantitative estimate of drug-likeness (QED) is 0.770. The first-order valence-electron chi connectivity index (χ1n) is 5.78. The van der Waals surface area contributed by atoms with Gasteiger partial charge in [-0.15, -0.1) is 0 Å². The lowest BCUT2D eigenvalue weighted by Gasteiger charge is -2.21. The predicted octanol–water partition coefficient (Wildman–Crippen LogP) is 3.82. The third-order valence-corrected chi connectivity index (χ3v) is 3.01. The van der Waals surface area contributed by atoms with E-state index in [9.17, 15) is 0 Å². The van der Waals surface area contributed by atoms with Crippen LogP contribution >= 0.6 is 11.6 Å². The molecule has 94 valence electrons. The molecule has 1 aromatic carbocycles. The van der Waals surface area contributed by atoms with Crippen molar-refractivity contribution in [2.75, 3.05) is 11.9 Å². The molecule has 4 heteroatoms. The Bertz CT molecular complexity index is 561. The maximum absolute atomic E-state index is 5.86. The van der Waals surface area contributed by atoms with Crippen molar-refractivity contribution in [3.8, 4) is 0 Å². The Morgan fingerprint density at radius 3 is 2.28 bits per heavy atom. The average molecular weight is 262 g/mol. The smallest absolute Gasteiger partial charge is 0.224 e.